The van der Waals surface area contributed by atoms with Gasteiger partial charge in [-0.3, -0.25) is 9.59 Å². The molecule has 0 aliphatic carbocycles. The topological polar surface area (TPSA) is 49.4 Å². The van der Waals surface area contributed by atoms with Crippen LogP contribution in [0.3, 0.4) is 0 Å². The molecule has 0 fully saturated rings. The Labute approximate surface area is 142 Å². The van der Waals surface area contributed by atoms with Crippen molar-refractivity contribution in [2.75, 3.05) is 17.3 Å². The molecule has 0 saturated heterocycles. The molecule has 4 nitrogen and oxygen atoms in total. The molecule has 0 bridgehead atoms. The summed E-state index contributed by atoms with van der Waals surface area (Å²) in [6, 6.07) is 9.77. The van der Waals surface area contributed by atoms with E-state index in [0.717, 1.165) is 39.2 Å². The van der Waals surface area contributed by atoms with E-state index in [1.165, 1.54) is 0 Å². The highest BCUT2D eigenvalue weighted by atomic mass is 16.2. The predicted molar refractivity (Wildman–Crippen MR) is 96.8 cm³/mol. The second-order valence-electron chi connectivity index (χ2n) is 6.52. The first-order chi connectivity index (χ1) is 11.4. The van der Waals surface area contributed by atoms with E-state index in [-0.39, 0.29) is 11.8 Å². The van der Waals surface area contributed by atoms with E-state index in [2.05, 4.69) is 5.32 Å². The second-order valence-corrected chi connectivity index (χ2v) is 6.52. The number of hydrogen-bond donors (Lipinski definition) is 1. The minimum atomic E-state index is -0.0924. The number of fused-ring (bicyclic) bond motifs is 1. The molecular formula is C20H22N2O2. The quantitative estimate of drug-likeness (QED) is 0.915. The molecule has 4 heteroatoms. The van der Waals surface area contributed by atoms with E-state index < -0.39 is 0 Å². The Hall–Kier alpha value is -2.62. The highest BCUT2D eigenvalue weighted by Gasteiger charge is 2.21. The van der Waals surface area contributed by atoms with E-state index in [1.807, 2.05) is 51.1 Å². The lowest BCUT2D eigenvalue weighted by molar-refractivity contribution is -0.118. The number of carbonyl (C=O) groups excluding carboxylic acids is 2. The van der Waals surface area contributed by atoms with Gasteiger partial charge in [-0.2, -0.15) is 0 Å². The summed E-state index contributed by atoms with van der Waals surface area (Å²) in [4.78, 5) is 26.1. The summed E-state index contributed by atoms with van der Waals surface area (Å²) >= 11 is 0. The third-order valence-electron chi connectivity index (χ3n) is 4.59. The third-order valence-corrected chi connectivity index (χ3v) is 4.59. The average molecular weight is 322 g/mol. The fourth-order valence-corrected chi connectivity index (χ4v) is 3.47. The second kappa shape index (κ2) is 6.11. The Morgan fingerprint density at radius 1 is 1.04 bits per heavy atom. The number of benzene rings is 2. The first kappa shape index (κ1) is 16.2. The van der Waals surface area contributed by atoms with Crippen molar-refractivity contribution >= 4 is 23.2 Å². The maximum Gasteiger partial charge on any atom is 0.256 e. The summed E-state index contributed by atoms with van der Waals surface area (Å²) in [5.74, 6) is 0.0374. The van der Waals surface area contributed by atoms with Crippen molar-refractivity contribution in [1.29, 1.82) is 0 Å². The molecule has 0 spiro atoms. The third kappa shape index (κ3) is 2.92. The monoisotopic (exact) mass is 322 g/mol. The van der Waals surface area contributed by atoms with Crippen molar-refractivity contribution in [3.63, 3.8) is 0 Å². The van der Waals surface area contributed by atoms with Gasteiger partial charge >= 0.3 is 0 Å². The number of nitrogens with one attached hydrogen (secondary N) is 1. The summed E-state index contributed by atoms with van der Waals surface area (Å²) in [6.45, 7) is 5.95. The molecular weight excluding hydrogens is 300 g/mol. The summed E-state index contributed by atoms with van der Waals surface area (Å²) in [7, 11) is 1.79. The van der Waals surface area contributed by atoms with Crippen molar-refractivity contribution in [3.05, 3.63) is 58.1 Å². The van der Waals surface area contributed by atoms with Crippen LogP contribution in [0, 0.1) is 20.8 Å². The van der Waals surface area contributed by atoms with Crippen LogP contribution in [0.25, 0.3) is 0 Å². The van der Waals surface area contributed by atoms with Crippen LogP contribution in [0.2, 0.25) is 0 Å². The van der Waals surface area contributed by atoms with Crippen LogP contribution in [-0.4, -0.2) is 18.9 Å². The minimum absolute atomic E-state index is 0.0924. The molecule has 1 heterocycles. The number of carbonyl (C=O) groups is 2. The fourth-order valence-electron chi connectivity index (χ4n) is 3.47. The number of hydrogen-bond acceptors (Lipinski definition) is 2. The van der Waals surface area contributed by atoms with Gasteiger partial charge in [0.05, 0.1) is 0 Å². The lowest BCUT2D eigenvalue weighted by atomic mass is 9.98. The number of aryl methyl sites for hydroxylation is 4. The average Bonchev–Trinajstić information content (AvgIpc) is 2.50. The van der Waals surface area contributed by atoms with Crippen LogP contribution in [0.1, 0.15) is 39.0 Å². The molecule has 24 heavy (non-hydrogen) atoms. The summed E-state index contributed by atoms with van der Waals surface area (Å²) in [5, 5.41) is 2.99. The molecule has 1 N–H and O–H groups in total. The first-order valence-corrected chi connectivity index (χ1v) is 8.15. The Morgan fingerprint density at radius 2 is 1.71 bits per heavy atom. The van der Waals surface area contributed by atoms with E-state index >= 15 is 0 Å². The zero-order valence-electron chi connectivity index (χ0n) is 14.6. The van der Waals surface area contributed by atoms with Crippen molar-refractivity contribution < 1.29 is 9.59 Å². The zero-order valence-corrected chi connectivity index (χ0v) is 14.6. The van der Waals surface area contributed by atoms with Gasteiger partial charge in [-0.25, -0.2) is 0 Å². The summed E-state index contributed by atoms with van der Waals surface area (Å²) < 4.78 is 0. The van der Waals surface area contributed by atoms with Crippen LogP contribution in [0.4, 0.5) is 11.4 Å². The molecule has 0 radical (unpaired) electrons. The minimum Gasteiger partial charge on any atom is -0.322 e. The Bertz CT molecular complexity index is 817. The standard InChI is InChI=1S/C20H22N2O2/c1-12-9-13(2)19(14(3)10-12)20(24)21-16-6-7-17-15(11-16)5-8-18(23)22(17)4/h6-7,9-11H,5,8H2,1-4H3,(H,21,24). The molecule has 124 valence electrons. The zero-order chi connectivity index (χ0) is 17.4. The van der Waals surface area contributed by atoms with E-state index in [4.69, 9.17) is 0 Å². The molecule has 1 aliphatic heterocycles. The van der Waals surface area contributed by atoms with Crippen LogP contribution in [-0.2, 0) is 11.2 Å². The number of rotatable bonds is 2. The van der Waals surface area contributed by atoms with Gasteiger partial charge in [-0.15, -0.1) is 0 Å². The molecule has 2 aromatic carbocycles. The van der Waals surface area contributed by atoms with Gasteiger partial charge in [-0.05, 0) is 62.1 Å². The Balaban J connectivity index is 1.87. The number of nitrogens with zero attached hydrogens (tertiary/aromatic N) is 1. The molecule has 0 aromatic heterocycles. The normalized spacial score (nSPS) is 13.7. The van der Waals surface area contributed by atoms with Gasteiger partial charge in [0, 0.05) is 30.4 Å². The molecule has 2 aromatic rings. The van der Waals surface area contributed by atoms with E-state index in [0.29, 0.717) is 12.8 Å². The SMILES string of the molecule is Cc1cc(C)c(C(=O)Nc2ccc3c(c2)CCC(=O)N3C)c(C)c1. The molecule has 0 unspecified atom stereocenters. The lowest BCUT2D eigenvalue weighted by Gasteiger charge is -2.26. The Morgan fingerprint density at radius 3 is 2.38 bits per heavy atom. The lowest BCUT2D eigenvalue weighted by Crippen LogP contribution is -2.31. The fraction of sp³-hybridized carbons (Fsp3) is 0.300. The van der Waals surface area contributed by atoms with E-state index in [9.17, 15) is 9.59 Å². The molecule has 2 amide bonds. The smallest absolute Gasteiger partial charge is 0.256 e. The summed E-state index contributed by atoms with van der Waals surface area (Å²) in [6.07, 6.45) is 1.22. The van der Waals surface area contributed by atoms with Crippen LogP contribution in [0.15, 0.2) is 30.3 Å². The van der Waals surface area contributed by atoms with Gasteiger partial charge in [0.2, 0.25) is 5.91 Å². The Kier molecular flexibility index (Phi) is 4.14. The molecule has 3 rings (SSSR count). The molecule has 0 atom stereocenters. The summed E-state index contributed by atoms with van der Waals surface area (Å²) in [5.41, 5.74) is 6.62. The predicted octanol–water partition coefficient (Wildman–Crippen LogP) is 3.77. The number of anilines is 2. The first-order valence-electron chi connectivity index (χ1n) is 8.15. The number of amides is 2. The molecule has 0 saturated carbocycles. The van der Waals surface area contributed by atoms with Crippen molar-refractivity contribution in [2.45, 2.75) is 33.6 Å². The highest BCUT2D eigenvalue weighted by Crippen LogP contribution is 2.29. The van der Waals surface area contributed by atoms with Crippen LogP contribution >= 0.6 is 0 Å². The van der Waals surface area contributed by atoms with Gasteiger partial charge in [0.1, 0.15) is 0 Å². The van der Waals surface area contributed by atoms with Gasteiger partial charge in [-0.1, -0.05) is 17.7 Å². The maximum absolute atomic E-state index is 12.7. The largest absolute Gasteiger partial charge is 0.322 e. The van der Waals surface area contributed by atoms with Crippen molar-refractivity contribution in [2.24, 2.45) is 0 Å². The van der Waals surface area contributed by atoms with Gasteiger partial charge in [0.15, 0.2) is 0 Å². The van der Waals surface area contributed by atoms with Gasteiger partial charge < -0.3 is 10.2 Å². The van der Waals surface area contributed by atoms with Crippen molar-refractivity contribution in [3.8, 4) is 0 Å². The van der Waals surface area contributed by atoms with Crippen LogP contribution < -0.4 is 10.2 Å². The van der Waals surface area contributed by atoms with Gasteiger partial charge in [0.25, 0.3) is 5.91 Å². The van der Waals surface area contributed by atoms with E-state index in [1.54, 1.807) is 11.9 Å². The molecule has 1 aliphatic rings. The van der Waals surface area contributed by atoms with Crippen molar-refractivity contribution in [1.82, 2.24) is 0 Å². The highest BCUT2D eigenvalue weighted by molar-refractivity contribution is 6.06. The van der Waals surface area contributed by atoms with Crippen LogP contribution in [0.5, 0.6) is 0 Å². The maximum atomic E-state index is 12.7.